The summed E-state index contributed by atoms with van der Waals surface area (Å²) >= 11 is 0. The van der Waals surface area contributed by atoms with Gasteiger partial charge in [-0.15, -0.1) is 0 Å². The van der Waals surface area contributed by atoms with E-state index in [1.165, 1.54) is 0 Å². The van der Waals surface area contributed by atoms with Gasteiger partial charge in [-0.1, -0.05) is 0 Å². The van der Waals surface area contributed by atoms with Crippen molar-refractivity contribution in [3.05, 3.63) is 35.9 Å². The standard InChI is InChI=1S/C8H10N.Pd/c9-7-6-8-4-2-1-3-5-8;/h1-4H,6-7,9H2;/q-1;+2/i4D;. The Bertz CT molecular complexity index is 215. The van der Waals surface area contributed by atoms with E-state index in [1.807, 2.05) is 12.1 Å². The smallest absolute Gasteiger partial charge is 0.330 e. The Morgan fingerprint density at radius 1 is 1.60 bits per heavy atom. The summed E-state index contributed by atoms with van der Waals surface area (Å²) in [5, 5.41) is 0. The minimum Gasteiger partial charge on any atom is -0.330 e. The van der Waals surface area contributed by atoms with Crippen molar-refractivity contribution in [3.63, 3.8) is 0 Å². The van der Waals surface area contributed by atoms with E-state index in [9.17, 15) is 0 Å². The molecule has 0 bridgehead atoms. The molecule has 1 nitrogen and oxygen atoms in total. The van der Waals surface area contributed by atoms with E-state index in [-0.39, 0.29) is 20.4 Å². The normalized spacial score (nSPS) is 9.90. The first-order chi connectivity index (χ1) is 4.84. The first-order valence-electron chi connectivity index (χ1n) is 3.51. The topological polar surface area (TPSA) is 26.0 Å². The van der Waals surface area contributed by atoms with Crippen molar-refractivity contribution in [2.45, 2.75) is 6.42 Å². The zero-order chi connectivity index (χ0) is 7.40. The quantitative estimate of drug-likeness (QED) is 0.592. The van der Waals surface area contributed by atoms with Crippen LogP contribution < -0.4 is 5.73 Å². The molecule has 0 aliphatic carbocycles. The predicted molar refractivity (Wildman–Crippen MR) is 38.0 cm³/mol. The first-order valence-corrected chi connectivity index (χ1v) is 3.01. The summed E-state index contributed by atoms with van der Waals surface area (Å²) in [5.41, 5.74) is 6.23. The van der Waals surface area contributed by atoms with Crippen molar-refractivity contribution in [3.8, 4) is 0 Å². The SMILES string of the molecule is [2H]c1ccc[c-]c1CCN.[Pd+2]. The number of benzene rings is 1. The summed E-state index contributed by atoms with van der Waals surface area (Å²) in [6.07, 6.45) is 0.750. The molecular weight excluding hydrogens is 217 g/mol. The van der Waals surface area contributed by atoms with Gasteiger partial charge in [0, 0.05) is 0 Å². The Labute approximate surface area is 76.7 Å². The predicted octanol–water partition coefficient (Wildman–Crippen LogP) is 0.985. The molecule has 0 fully saturated rings. The van der Waals surface area contributed by atoms with Gasteiger partial charge in [0.1, 0.15) is 0 Å². The Kier molecular flexibility index (Phi) is 4.46. The Morgan fingerprint density at radius 3 is 3.00 bits per heavy atom. The van der Waals surface area contributed by atoms with Crippen molar-refractivity contribution < 1.29 is 21.8 Å². The molecule has 0 heterocycles. The summed E-state index contributed by atoms with van der Waals surface area (Å²) < 4.78 is 7.39. The molecule has 0 aromatic heterocycles. The van der Waals surface area contributed by atoms with Crippen molar-refractivity contribution in [2.75, 3.05) is 6.54 Å². The van der Waals surface area contributed by atoms with Crippen molar-refractivity contribution in [1.82, 2.24) is 0 Å². The Balaban J connectivity index is 0.000001000. The molecular formula is C8H10NPd+. The van der Waals surface area contributed by atoms with E-state index in [0.717, 1.165) is 12.0 Å². The van der Waals surface area contributed by atoms with Crippen LogP contribution >= 0.6 is 0 Å². The third-order valence-electron chi connectivity index (χ3n) is 1.10. The molecule has 0 saturated heterocycles. The van der Waals surface area contributed by atoms with Gasteiger partial charge in [-0.05, 0) is 14.3 Å². The van der Waals surface area contributed by atoms with Crippen molar-refractivity contribution in [1.29, 1.82) is 0 Å². The maximum atomic E-state index is 7.39. The van der Waals surface area contributed by atoms with Gasteiger partial charge in [0.05, 0.1) is 0 Å². The van der Waals surface area contributed by atoms with Crippen LogP contribution in [0.5, 0.6) is 0 Å². The second-order valence-corrected chi connectivity index (χ2v) is 1.83. The van der Waals surface area contributed by atoms with Gasteiger partial charge < -0.3 is 5.73 Å². The molecule has 0 amide bonds. The molecule has 1 rings (SSSR count). The Hall–Kier alpha value is -0.158. The molecule has 0 unspecified atom stereocenters. The molecule has 0 saturated carbocycles. The average Bonchev–Trinajstić information content (AvgIpc) is 1.94. The number of rotatable bonds is 2. The fraction of sp³-hybridized carbons (Fsp3) is 0.250. The third kappa shape index (κ3) is 3.12. The van der Waals surface area contributed by atoms with Crippen molar-refractivity contribution >= 4 is 0 Å². The van der Waals surface area contributed by atoms with E-state index in [1.54, 1.807) is 6.07 Å². The van der Waals surface area contributed by atoms with Gasteiger partial charge in [-0.2, -0.15) is 35.9 Å². The summed E-state index contributed by atoms with van der Waals surface area (Å²) in [6.45, 7) is 0.590. The van der Waals surface area contributed by atoms with Crippen LogP contribution in [-0.2, 0) is 26.8 Å². The molecule has 10 heavy (non-hydrogen) atoms. The Morgan fingerprint density at radius 2 is 2.40 bits per heavy atom. The van der Waals surface area contributed by atoms with E-state index in [0.29, 0.717) is 12.6 Å². The molecule has 0 atom stereocenters. The summed E-state index contributed by atoms with van der Waals surface area (Å²) in [6, 6.07) is 8.87. The third-order valence-corrected chi connectivity index (χ3v) is 1.10. The van der Waals surface area contributed by atoms with Gasteiger partial charge >= 0.3 is 20.4 Å². The fourth-order valence-electron chi connectivity index (χ4n) is 0.676. The molecule has 2 N–H and O–H groups in total. The zero-order valence-corrected chi connectivity index (χ0v) is 7.09. The van der Waals surface area contributed by atoms with Crippen LogP contribution in [0.4, 0.5) is 0 Å². The number of nitrogens with two attached hydrogens (primary N) is 1. The van der Waals surface area contributed by atoms with Crippen LogP contribution in [0.25, 0.3) is 0 Å². The van der Waals surface area contributed by atoms with Crippen LogP contribution in [0, 0.1) is 6.07 Å². The fourth-order valence-corrected chi connectivity index (χ4v) is 0.676. The number of hydrogen-bond donors (Lipinski definition) is 1. The van der Waals surface area contributed by atoms with Crippen LogP contribution in [0.15, 0.2) is 24.2 Å². The van der Waals surface area contributed by atoms with Crippen LogP contribution in [0.2, 0.25) is 0 Å². The van der Waals surface area contributed by atoms with Gasteiger partial charge in [-0.25, -0.2) is 0 Å². The van der Waals surface area contributed by atoms with E-state index in [2.05, 4.69) is 6.07 Å². The summed E-state index contributed by atoms with van der Waals surface area (Å²) in [7, 11) is 0. The average molecular weight is 228 g/mol. The van der Waals surface area contributed by atoms with E-state index >= 15 is 0 Å². The van der Waals surface area contributed by atoms with Crippen molar-refractivity contribution in [2.24, 2.45) is 5.73 Å². The number of hydrogen-bond acceptors (Lipinski definition) is 1. The molecule has 0 spiro atoms. The largest absolute Gasteiger partial charge is 2.00 e. The first kappa shape index (κ1) is 7.94. The van der Waals surface area contributed by atoms with Gasteiger partial charge in [-0.3, -0.25) is 0 Å². The van der Waals surface area contributed by atoms with Gasteiger partial charge in [0.2, 0.25) is 0 Å². The molecule has 0 aliphatic rings. The maximum absolute atomic E-state index is 7.39. The molecule has 1 aromatic rings. The monoisotopic (exact) mass is 227 g/mol. The van der Waals surface area contributed by atoms with Gasteiger partial charge in [0.25, 0.3) is 0 Å². The minimum atomic E-state index is 0. The second kappa shape index (κ2) is 5.61. The maximum Gasteiger partial charge on any atom is 2.00 e. The summed E-state index contributed by atoms with van der Waals surface area (Å²) in [4.78, 5) is 0. The van der Waals surface area contributed by atoms with E-state index < -0.39 is 0 Å². The van der Waals surface area contributed by atoms with Crippen LogP contribution in [0.3, 0.4) is 0 Å². The second-order valence-electron chi connectivity index (χ2n) is 1.83. The van der Waals surface area contributed by atoms with Crippen LogP contribution in [0.1, 0.15) is 6.93 Å². The molecule has 0 aliphatic heterocycles. The van der Waals surface area contributed by atoms with Crippen LogP contribution in [-0.4, -0.2) is 6.54 Å². The minimum absolute atomic E-state index is 0. The molecule has 0 radical (unpaired) electrons. The molecule has 1 aromatic carbocycles. The van der Waals surface area contributed by atoms with Gasteiger partial charge in [0.15, 0.2) is 0 Å². The zero-order valence-electron chi connectivity index (χ0n) is 6.54. The molecule has 56 valence electrons. The summed E-state index contributed by atoms with van der Waals surface area (Å²) in [5.74, 6) is 0. The van der Waals surface area contributed by atoms with E-state index in [4.69, 9.17) is 7.10 Å². The molecule has 2 heteroatoms.